The van der Waals surface area contributed by atoms with Crippen LogP contribution in [0.4, 0.5) is 0 Å². The number of carbonyl (C=O) groups is 2. The number of rotatable bonds is 8. The molecule has 6 heteroatoms. The standard InChI is InChI=1S/C11H22N2O4/c1-8(2)6-9(11(15)16-3)13-10(14)7-17-5-4-12/h8-9H,4-7,12H2,1-3H3,(H,13,14)/t9-/m0/s1. The number of amides is 1. The smallest absolute Gasteiger partial charge is 0.328 e. The number of methoxy groups -OCH3 is 1. The number of hydrogen-bond acceptors (Lipinski definition) is 5. The summed E-state index contributed by atoms with van der Waals surface area (Å²) >= 11 is 0. The van der Waals surface area contributed by atoms with Gasteiger partial charge in [0.25, 0.3) is 0 Å². The quantitative estimate of drug-likeness (QED) is 0.452. The average molecular weight is 246 g/mol. The Bertz CT molecular complexity index is 244. The molecule has 0 fully saturated rings. The van der Waals surface area contributed by atoms with E-state index >= 15 is 0 Å². The SMILES string of the molecule is COC(=O)[C@H](CC(C)C)NC(=O)COCCN. The Hall–Kier alpha value is -1.14. The zero-order chi connectivity index (χ0) is 13.3. The molecule has 17 heavy (non-hydrogen) atoms. The lowest BCUT2D eigenvalue weighted by Crippen LogP contribution is -2.44. The van der Waals surface area contributed by atoms with Gasteiger partial charge in [0.15, 0.2) is 0 Å². The summed E-state index contributed by atoms with van der Waals surface area (Å²) < 4.78 is 9.60. The van der Waals surface area contributed by atoms with Gasteiger partial charge in [0.05, 0.1) is 13.7 Å². The zero-order valence-electron chi connectivity index (χ0n) is 10.7. The van der Waals surface area contributed by atoms with Crippen molar-refractivity contribution in [3.05, 3.63) is 0 Å². The molecule has 6 nitrogen and oxygen atoms in total. The maximum atomic E-state index is 11.4. The number of nitrogens with two attached hydrogens (primary N) is 1. The molecule has 1 atom stereocenters. The van der Waals surface area contributed by atoms with Gasteiger partial charge in [0.1, 0.15) is 12.6 Å². The fourth-order valence-electron chi connectivity index (χ4n) is 1.31. The fraction of sp³-hybridized carbons (Fsp3) is 0.818. The van der Waals surface area contributed by atoms with Crippen molar-refractivity contribution in [2.24, 2.45) is 11.7 Å². The van der Waals surface area contributed by atoms with E-state index in [-0.39, 0.29) is 18.4 Å². The van der Waals surface area contributed by atoms with E-state index in [0.717, 1.165) is 0 Å². The van der Waals surface area contributed by atoms with E-state index in [4.69, 9.17) is 10.5 Å². The summed E-state index contributed by atoms with van der Waals surface area (Å²) in [4.78, 5) is 22.9. The molecule has 0 aromatic heterocycles. The normalized spacial score (nSPS) is 12.3. The molecule has 100 valence electrons. The van der Waals surface area contributed by atoms with Crippen molar-refractivity contribution >= 4 is 11.9 Å². The third-order valence-electron chi connectivity index (χ3n) is 2.02. The molecule has 0 unspecified atom stereocenters. The molecule has 0 aliphatic carbocycles. The van der Waals surface area contributed by atoms with Crippen LogP contribution in [0.15, 0.2) is 0 Å². The van der Waals surface area contributed by atoms with Crippen molar-refractivity contribution in [2.45, 2.75) is 26.3 Å². The second-order valence-corrected chi connectivity index (χ2v) is 4.11. The topological polar surface area (TPSA) is 90.6 Å². The van der Waals surface area contributed by atoms with E-state index in [0.29, 0.717) is 19.6 Å². The highest BCUT2D eigenvalue weighted by Crippen LogP contribution is 2.06. The lowest BCUT2D eigenvalue weighted by atomic mass is 10.0. The number of carbonyl (C=O) groups excluding carboxylic acids is 2. The number of esters is 1. The Balaban J connectivity index is 4.13. The van der Waals surface area contributed by atoms with E-state index in [1.165, 1.54) is 7.11 Å². The van der Waals surface area contributed by atoms with Crippen molar-refractivity contribution in [1.29, 1.82) is 0 Å². The third kappa shape index (κ3) is 7.70. The van der Waals surface area contributed by atoms with Gasteiger partial charge in [0, 0.05) is 6.54 Å². The van der Waals surface area contributed by atoms with Gasteiger partial charge < -0.3 is 20.5 Å². The molecule has 0 radical (unpaired) electrons. The van der Waals surface area contributed by atoms with Gasteiger partial charge in [-0.1, -0.05) is 13.8 Å². The minimum atomic E-state index is -0.617. The average Bonchev–Trinajstić information content (AvgIpc) is 2.27. The van der Waals surface area contributed by atoms with Crippen LogP contribution in [0.25, 0.3) is 0 Å². The Morgan fingerprint density at radius 2 is 2.00 bits per heavy atom. The van der Waals surface area contributed by atoms with Crippen LogP contribution < -0.4 is 11.1 Å². The molecule has 0 aromatic rings. The van der Waals surface area contributed by atoms with Gasteiger partial charge in [-0.2, -0.15) is 0 Å². The molecule has 3 N–H and O–H groups in total. The van der Waals surface area contributed by atoms with Gasteiger partial charge in [-0.05, 0) is 12.3 Å². The first-order valence-electron chi connectivity index (χ1n) is 5.66. The minimum Gasteiger partial charge on any atom is -0.467 e. The van der Waals surface area contributed by atoms with E-state index in [1.807, 2.05) is 13.8 Å². The lowest BCUT2D eigenvalue weighted by Gasteiger charge is -2.18. The molecule has 0 heterocycles. The van der Waals surface area contributed by atoms with Gasteiger partial charge in [-0.25, -0.2) is 4.79 Å². The minimum absolute atomic E-state index is 0.0945. The largest absolute Gasteiger partial charge is 0.467 e. The van der Waals surface area contributed by atoms with Crippen LogP contribution in [0, 0.1) is 5.92 Å². The molecule has 0 bridgehead atoms. The molecule has 0 rings (SSSR count). The highest BCUT2D eigenvalue weighted by atomic mass is 16.5. The summed E-state index contributed by atoms with van der Waals surface area (Å²) in [5.41, 5.74) is 5.22. The molecular formula is C11H22N2O4. The van der Waals surface area contributed by atoms with Crippen LogP contribution in [0.2, 0.25) is 0 Å². The molecule has 0 aromatic carbocycles. The first-order valence-corrected chi connectivity index (χ1v) is 5.66. The summed E-state index contributed by atoms with van der Waals surface area (Å²) in [6, 6.07) is -0.617. The monoisotopic (exact) mass is 246 g/mol. The van der Waals surface area contributed by atoms with E-state index < -0.39 is 12.0 Å². The van der Waals surface area contributed by atoms with Crippen LogP contribution >= 0.6 is 0 Å². The summed E-state index contributed by atoms with van der Waals surface area (Å²) in [7, 11) is 1.30. The first kappa shape index (κ1) is 15.9. The van der Waals surface area contributed by atoms with Crippen LogP contribution in [-0.4, -0.2) is 44.8 Å². The predicted octanol–water partition coefficient (Wildman–Crippen LogP) is -0.334. The van der Waals surface area contributed by atoms with Crippen LogP contribution in [0.1, 0.15) is 20.3 Å². The molecular weight excluding hydrogens is 224 g/mol. The Labute approximate surface area is 102 Å². The summed E-state index contributed by atoms with van der Waals surface area (Å²) in [6.45, 7) is 4.52. The second-order valence-electron chi connectivity index (χ2n) is 4.11. The number of hydrogen-bond donors (Lipinski definition) is 2. The van der Waals surface area contributed by atoms with Gasteiger partial charge in [-0.3, -0.25) is 4.79 Å². The van der Waals surface area contributed by atoms with Crippen molar-refractivity contribution in [2.75, 3.05) is 26.9 Å². The Morgan fingerprint density at radius 1 is 1.35 bits per heavy atom. The first-order chi connectivity index (χ1) is 8.01. The van der Waals surface area contributed by atoms with E-state index in [1.54, 1.807) is 0 Å². The van der Waals surface area contributed by atoms with Crippen LogP contribution in [0.3, 0.4) is 0 Å². The summed E-state index contributed by atoms with van der Waals surface area (Å²) in [6.07, 6.45) is 0.537. The van der Waals surface area contributed by atoms with E-state index in [2.05, 4.69) is 10.1 Å². The summed E-state index contributed by atoms with van der Waals surface area (Å²) in [5, 5.41) is 2.58. The maximum absolute atomic E-state index is 11.4. The van der Waals surface area contributed by atoms with Gasteiger partial charge >= 0.3 is 5.97 Å². The number of ether oxygens (including phenoxy) is 2. The van der Waals surface area contributed by atoms with Gasteiger partial charge in [0.2, 0.25) is 5.91 Å². The second kappa shape index (κ2) is 8.95. The molecule has 1 amide bonds. The molecule has 0 aliphatic rings. The highest BCUT2D eigenvalue weighted by Gasteiger charge is 2.22. The predicted molar refractivity (Wildman–Crippen MR) is 63.3 cm³/mol. The number of nitrogens with one attached hydrogen (secondary N) is 1. The summed E-state index contributed by atoms with van der Waals surface area (Å²) in [5.74, 6) is -0.496. The van der Waals surface area contributed by atoms with Crippen LogP contribution in [-0.2, 0) is 19.1 Å². The zero-order valence-corrected chi connectivity index (χ0v) is 10.7. The van der Waals surface area contributed by atoms with Gasteiger partial charge in [-0.15, -0.1) is 0 Å². The van der Waals surface area contributed by atoms with Crippen LogP contribution in [0.5, 0.6) is 0 Å². The highest BCUT2D eigenvalue weighted by molar-refractivity contribution is 5.85. The van der Waals surface area contributed by atoms with Crippen molar-refractivity contribution in [1.82, 2.24) is 5.32 Å². The fourth-order valence-corrected chi connectivity index (χ4v) is 1.31. The van der Waals surface area contributed by atoms with Crippen molar-refractivity contribution in [3.63, 3.8) is 0 Å². The Morgan fingerprint density at radius 3 is 2.47 bits per heavy atom. The van der Waals surface area contributed by atoms with Crippen molar-refractivity contribution < 1.29 is 19.1 Å². The Kier molecular flexibility index (Phi) is 8.35. The maximum Gasteiger partial charge on any atom is 0.328 e. The molecule has 0 aliphatic heterocycles. The molecule has 0 saturated heterocycles. The third-order valence-corrected chi connectivity index (χ3v) is 2.02. The molecule has 0 spiro atoms. The van der Waals surface area contributed by atoms with E-state index in [9.17, 15) is 9.59 Å². The molecule has 0 saturated carbocycles. The lowest BCUT2D eigenvalue weighted by molar-refractivity contribution is -0.146. The van der Waals surface area contributed by atoms with Crippen molar-refractivity contribution in [3.8, 4) is 0 Å².